The SMILES string of the molecule is [C-]#[N+]C[C@H]1CN(c2nc(OC[C@@H]3CCCN3C)nc3c2CCN(c2cccc4cccc(C)c24)C3)CCN1C(=O)/C=C/CF. The quantitative estimate of drug-likeness (QED) is 0.281. The van der Waals surface area contributed by atoms with Gasteiger partial charge in [0.25, 0.3) is 0 Å². The molecule has 44 heavy (non-hydrogen) atoms. The molecular formula is C34H40FN7O2. The highest BCUT2D eigenvalue weighted by Crippen LogP contribution is 2.36. The summed E-state index contributed by atoms with van der Waals surface area (Å²) < 4.78 is 19.0. The molecule has 10 heteroatoms. The third-order valence-corrected chi connectivity index (χ3v) is 9.25. The zero-order valence-electron chi connectivity index (χ0n) is 25.6. The van der Waals surface area contributed by atoms with Gasteiger partial charge in [0.05, 0.1) is 12.2 Å². The van der Waals surface area contributed by atoms with E-state index in [1.807, 2.05) is 0 Å². The zero-order chi connectivity index (χ0) is 30.6. The molecule has 0 bridgehead atoms. The van der Waals surface area contributed by atoms with Crippen LogP contribution in [-0.2, 0) is 17.8 Å². The lowest BCUT2D eigenvalue weighted by atomic mass is 9.99. The topological polar surface area (TPSA) is 69.4 Å². The molecular weight excluding hydrogens is 557 g/mol. The molecule has 2 aromatic carbocycles. The molecule has 1 aromatic heterocycles. The number of piperazine rings is 1. The number of anilines is 2. The smallest absolute Gasteiger partial charge is 0.318 e. The summed E-state index contributed by atoms with van der Waals surface area (Å²) in [5, 5.41) is 2.49. The highest BCUT2D eigenvalue weighted by molar-refractivity contribution is 5.97. The first-order valence-electron chi connectivity index (χ1n) is 15.5. The molecule has 2 atom stereocenters. The Bertz CT molecular complexity index is 1580. The van der Waals surface area contributed by atoms with Crippen molar-refractivity contribution in [3.8, 4) is 6.01 Å². The molecule has 1 amide bonds. The summed E-state index contributed by atoms with van der Waals surface area (Å²) in [6.07, 6.45) is 5.51. The second-order valence-corrected chi connectivity index (χ2v) is 12.0. The molecule has 230 valence electrons. The fourth-order valence-corrected chi connectivity index (χ4v) is 6.89. The lowest BCUT2D eigenvalue weighted by molar-refractivity contribution is -0.128. The average Bonchev–Trinajstić information content (AvgIpc) is 3.46. The van der Waals surface area contributed by atoms with Gasteiger partial charge in [0, 0.05) is 54.9 Å². The number of alkyl halides is 1. The molecule has 3 aromatic rings. The molecule has 4 heterocycles. The van der Waals surface area contributed by atoms with Crippen LogP contribution in [0.5, 0.6) is 6.01 Å². The van der Waals surface area contributed by atoms with Gasteiger partial charge in [0.15, 0.2) is 0 Å². The molecule has 3 aliphatic heterocycles. The van der Waals surface area contributed by atoms with Crippen molar-refractivity contribution in [3.05, 3.63) is 76.8 Å². The lowest BCUT2D eigenvalue weighted by Gasteiger charge is -2.41. The van der Waals surface area contributed by atoms with Crippen LogP contribution in [0.25, 0.3) is 15.6 Å². The minimum absolute atomic E-state index is 0.171. The Kier molecular flexibility index (Phi) is 8.94. The Morgan fingerprint density at radius 3 is 2.73 bits per heavy atom. The van der Waals surface area contributed by atoms with Crippen molar-refractivity contribution in [1.82, 2.24) is 19.8 Å². The van der Waals surface area contributed by atoms with Crippen molar-refractivity contribution in [2.24, 2.45) is 0 Å². The fourth-order valence-electron chi connectivity index (χ4n) is 6.89. The Morgan fingerprint density at radius 2 is 1.95 bits per heavy atom. The van der Waals surface area contributed by atoms with Crippen molar-refractivity contribution in [2.45, 2.75) is 44.8 Å². The van der Waals surface area contributed by atoms with Gasteiger partial charge in [-0.15, -0.1) is 0 Å². The van der Waals surface area contributed by atoms with E-state index in [4.69, 9.17) is 21.3 Å². The number of likely N-dealkylation sites (N-methyl/N-ethyl adjacent to an activating group) is 1. The van der Waals surface area contributed by atoms with Crippen LogP contribution in [0, 0.1) is 13.5 Å². The van der Waals surface area contributed by atoms with E-state index in [1.54, 1.807) is 4.90 Å². The van der Waals surface area contributed by atoms with E-state index >= 15 is 0 Å². The van der Waals surface area contributed by atoms with Crippen LogP contribution in [0.1, 0.15) is 29.7 Å². The van der Waals surface area contributed by atoms with E-state index in [0.29, 0.717) is 44.8 Å². The second-order valence-electron chi connectivity index (χ2n) is 12.0. The van der Waals surface area contributed by atoms with Crippen molar-refractivity contribution in [2.75, 3.05) is 69.4 Å². The molecule has 0 N–H and O–H groups in total. The van der Waals surface area contributed by atoms with E-state index in [1.165, 1.54) is 34.2 Å². The zero-order valence-corrected chi connectivity index (χ0v) is 25.6. The van der Waals surface area contributed by atoms with Gasteiger partial charge in [-0.05, 0) is 62.9 Å². The van der Waals surface area contributed by atoms with Crippen molar-refractivity contribution in [1.29, 1.82) is 0 Å². The van der Waals surface area contributed by atoms with E-state index < -0.39 is 6.67 Å². The maximum atomic E-state index is 12.8. The third kappa shape index (κ3) is 6.06. The fraction of sp³-hybridized carbons (Fsp3) is 0.471. The number of amides is 1. The van der Waals surface area contributed by atoms with Gasteiger partial charge in [-0.1, -0.05) is 30.3 Å². The van der Waals surface area contributed by atoms with Gasteiger partial charge < -0.3 is 29.2 Å². The minimum Gasteiger partial charge on any atom is -0.462 e. The molecule has 9 nitrogen and oxygen atoms in total. The summed E-state index contributed by atoms with van der Waals surface area (Å²) in [5.41, 5.74) is 4.50. The Hall–Kier alpha value is -4.23. The average molecular weight is 598 g/mol. The molecule has 6 rings (SSSR count). The van der Waals surface area contributed by atoms with Crippen LogP contribution in [0.3, 0.4) is 0 Å². The summed E-state index contributed by atoms with van der Waals surface area (Å²) >= 11 is 0. The van der Waals surface area contributed by atoms with Crippen LogP contribution in [0.2, 0.25) is 0 Å². The summed E-state index contributed by atoms with van der Waals surface area (Å²) in [5.74, 6) is 0.575. The number of carbonyl (C=O) groups excluding carboxylic acids is 1. The predicted molar refractivity (Wildman–Crippen MR) is 171 cm³/mol. The number of likely N-dealkylation sites (tertiary alicyclic amines) is 1. The van der Waals surface area contributed by atoms with E-state index in [0.717, 1.165) is 49.4 Å². The first-order valence-corrected chi connectivity index (χ1v) is 15.5. The van der Waals surface area contributed by atoms with Gasteiger partial charge in [-0.2, -0.15) is 9.97 Å². The number of hydrogen-bond acceptors (Lipinski definition) is 7. The van der Waals surface area contributed by atoms with Crippen molar-refractivity contribution >= 4 is 28.2 Å². The number of aromatic nitrogens is 2. The molecule has 2 fully saturated rings. The van der Waals surface area contributed by atoms with E-state index in [9.17, 15) is 9.18 Å². The van der Waals surface area contributed by atoms with E-state index in [2.05, 4.69) is 69.9 Å². The number of aryl methyl sites for hydroxylation is 1. The van der Waals surface area contributed by atoms with Crippen LogP contribution in [-0.4, -0.2) is 97.4 Å². The Balaban J connectivity index is 1.32. The molecule has 0 saturated carbocycles. The first-order chi connectivity index (χ1) is 21.5. The number of halogens is 1. The summed E-state index contributed by atoms with van der Waals surface area (Å²) in [4.78, 5) is 35.0. The largest absolute Gasteiger partial charge is 0.462 e. The number of allylic oxidation sites excluding steroid dienone is 1. The maximum Gasteiger partial charge on any atom is 0.318 e. The summed E-state index contributed by atoms with van der Waals surface area (Å²) in [6.45, 7) is 13.7. The number of fused-ring (bicyclic) bond motifs is 2. The number of carbonyl (C=O) groups is 1. The molecule has 3 aliphatic rings. The van der Waals surface area contributed by atoms with Crippen molar-refractivity contribution < 1.29 is 13.9 Å². The number of ether oxygens (including phenoxy) is 1. The molecule has 0 aliphatic carbocycles. The number of nitrogens with zero attached hydrogens (tertiary/aromatic N) is 7. The highest BCUT2D eigenvalue weighted by atomic mass is 19.1. The van der Waals surface area contributed by atoms with Gasteiger partial charge in [-0.3, -0.25) is 4.79 Å². The lowest BCUT2D eigenvalue weighted by Crippen LogP contribution is -2.56. The summed E-state index contributed by atoms with van der Waals surface area (Å²) in [6, 6.07) is 13.3. The van der Waals surface area contributed by atoms with Crippen LogP contribution < -0.4 is 14.5 Å². The highest BCUT2D eigenvalue weighted by Gasteiger charge is 2.35. The van der Waals surface area contributed by atoms with Crippen LogP contribution >= 0.6 is 0 Å². The predicted octanol–water partition coefficient (Wildman–Crippen LogP) is 4.44. The Labute approximate surface area is 258 Å². The maximum absolute atomic E-state index is 12.8. The van der Waals surface area contributed by atoms with Gasteiger partial charge >= 0.3 is 6.01 Å². The Morgan fingerprint density at radius 1 is 1.11 bits per heavy atom. The van der Waals surface area contributed by atoms with Gasteiger partial charge in [-0.25, -0.2) is 11.0 Å². The standard InChI is InChI=1S/C34H40FN7O2/c1-24-8-4-9-25-10-5-12-30(32(24)25)40-17-14-28-29(22-40)37-34(44-23-26-11-7-16-39(26)3)38-33(28)41-18-19-42(27(21-41)20-36-2)31(43)13-6-15-35/h4-6,8-10,12-13,26-27H,7,11,14-23H2,1,3H3/b13-6+/t26-,27-/m0/s1. The first kappa shape index (κ1) is 29.8. The summed E-state index contributed by atoms with van der Waals surface area (Å²) in [7, 11) is 2.13. The third-order valence-electron chi connectivity index (χ3n) is 9.25. The molecule has 0 unspecified atom stereocenters. The molecule has 0 radical (unpaired) electrons. The van der Waals surface area contributed by atoms with Crippen LogP contribution in [0.4, 0.5) is 15.9 Å². The number of benzene rings is 2. The van der Waals surface area contributed by atoms with Crippen LogP contribution in [0.15, 0.2) is 48.6 Å². The van der Waals surface area contributed by atoms with Crippen molar-refractivity contribution in [3.63, 3.8) is 0 Å². The number of hydrogen-bond donors (Lipinski definition) is 0. The van der Waals surface area contributed by atoms with Gasteiger partial charge in [0.2, 0.25) is 12.5 Å². The second kappa shape index (κ2) is 13.2. The normalized spacial score (nSPS) is 20.7. The molecule has 2 saturated heterocycles. The monoisotopic (exact) mass is 597 g/mol. The number of rotatable bonds is 8. The van der Waals surface area contributed by atoms with E-state index in [-0.39, 0.29) is 18.5 Å². The molecule has 0 spiro atoms. The van der Waals surface area contributed by atoms with Gasteiger partial charge in [0.1, 0.15) is 25.1 Å². The minimum atomic E-state index is -0.693.